The van der Waals surface area contributed by atoms with Crippen LogP contribution >= 0.6 is 0 Å². The van der Waals surface area contributed by atoms with Crippen LogP contribution in [0, 0.1) is 13.8 Å². The Morgan fingerprint density at radius 2 is 1.61 bits per heavy atom. The zero-order valence-electron chi connectivity index (χ0n) is 18.3. The number of nitrogens with zero attached hydrogens (tertiary/aromatic N) is 1. The lowest BCUT2D eigenvalue weighted by atomic mass is 10.0. The third-order valence-corrected chi connectivity index (χ3v) is 7.19. The standard InChI is InChI=1S/C25H28N2O3S/c1-5-23(20-9-7-6-8-10-20)26-25(28)21-14-13-19(3)24(17-21)27(4)31(29,30)22-15-11-18(2)12-16-22/h6-17,23H,5H2,1-4H3,(H,26,28). The monoisotopic (exact) mass is 436 g/mol. The number of nitrogens with one attached hydrogen (secondary N) is 1. The summed E-state index contributed by atoms with van der Waals surface area (Å²) < 4.78 is 27.5. The molecule has 0 spiro atoms. The molecule has 3 rings (SSSR count). The molecule has 1 N–H and O–H groups in total. The average Bonchev–Trinajstić information content (AvgIpc) is 2.78. The second kappa shape index (κ2) is 9.35. The Morgan fingerprint density at radius 3 is 2.23 bits per heavy atom. The van der Waals surface area contributed by atoms with Crippen LogP contribution in [0.1, 0.15) is 46.4 Å². The number of hydrogen-bond acceptors (Lipinski definition) is 3. The van der Waals surface area contributed by atoms with E-state index in [1.165, 1.54) is 11.4 Å². The molecular formula is C25H28N2O3S. The fourth-order valence-electron chi connectivity index (χ4n) is 3.44. The van der Waals surface area contributed by atoms with Gasteiger partial charge in [-0.05, 0) is 55.7 Å². The van der Waals surface area contributed by atoms with Crippen LogP contribution in [-0.2, 0) is 10.0 Å². The lowest BCUT2D eigenvalue weighted by Crippen LogP contribution is -2.30. The number of amides is 1. The third kappa shape index (κ3) is 4.97. The highest BCUT2D eigenvalue weighted by Crippen LogP contribution is 2.27. The molecule has 3 aromatic carbocycles. The van der Waals surface area contributed by atoms with Gasteiger partial charge in [-0.15, -0.1) is 0 Å². The van der Waals surface area contributed by atoms with E-state index < -0.39 is 10.0 Å². The van der Waals surface area contributed by atoms with Crippen molar-refractivity contribution in [3.63, 3.8) is 0 Å². The SMILES string of the molecule is CCC(NC(=O)c1ccc(C)c(N(C)S(=O)(=O)c2ccc(C)cc2)c1)c1ccccc1. The first kappa shape index (κ1) is 22.6. The second-order valence-corrected chi connectivity index (χ2v) is 9.60. The van der Waals surface area contributed by atoms with Gasteiger partial charge in [-0.25, -0.2) is 8.42 Å². The summed E-state index contributed by atoms with van der Waals surface area (Å²) in [6.07, 6.45) is 0.746. The van der Waals surface area contributed by atoms with Gasteiger partial charge >= 0.3 is 0 Å². The highest BCUT2D eigenvalue weighted by atomic mass is 32.2. The van der Waals surface area contributed by atoms with Crippen molar-refractivity contribution >= 4 is 21.6 Å². The van der Waals surface area contributed by atoms with Gasteiger partial charge in [0.1, 0.15) is 0 Å². The summed E-state index contributed by atoms with van der Waals surface area (Å²) in [5.41, 5.74) is 3.68. The van der Waals surface area contributed by atoms with Crippen LogP contribution in [0.25, 0.3) is 0 Å². The summed E-state index contributed by atoms with van der Waals surface area (Å²) in [6, 6.07) is 21.5. The van der Waals surface area contributed by atoms with Crippen molar-refractivity contribution in [2.24, 2.45) is 0 Å². The van der Waals surface area contributed by atoms with Crippen molar-refractivity contribution < 1.29 is 13.2 Å². The zero-order chi connectivity index (χ0) is 22.6. The van der Waals surface area contributed by atoms with Gasteiger partial charge in [-0.1, -0.05) is 61.0 Å². The van der Waals surface area contributed by atoms with Gasteiger partial charge in [0.05, 0.1) is 16.6 Å². The van der Waals surface area contributed by atoms with Gasteiger partial charge in [0.15, 0.2) is 0 Å². The fourth-order valence-corrected chi connectivity index (χ4v) is 4.69. The predicted octanol–water partition coefficient (Wildman–Crippen LogP) is 5.01. The number of benzene rings is 3. The number of hydrogen-bond donors (Lipinski definition) is 1. The van der Waals surface area contributed by atoms with Gasteiger partial charge in [-0.3, -0.25) is 9.10 Å². The molecule has 6 heteroatoms. The van der Waals surface area contributed by atoms with Crippen LogP contribution in [0.3, 0.4) is 0 Å². The summed E-state index contributed by atoms with van der Waals surface area (Å²) in [5.74, 6) is -0.238. The van der Waals surface area contributed by atoms with Crippen LogP contribution in [-0.4, -0.2) is 21.4 Å². The van der Waals surface area contributed by atoms with Gasteiger partial charge in [0, 0.05) is 12.6 Å². The van der Waals surface area contributed by atoms with E-state index in [2.05, 4.69) is 5.32 Å². The van der Waals surface area contributed by atoms with Gasteiger partial charge in [-0.2, -0.15) is 0 Å². The van der Waals surface area contributed by atoms with E-state index in [4.69, 9.17) is 0 Å². The van der Waals surface area contributed by atoms with E-state index in [1.54, 1.807) is 42.5 Å². The van der Waals surface area contributed by atoms with Crippen LogP contribution in [0.2, 0.25) is 0 Å². The largest absolute Gasteiger partial charge is 0.345 e. The Hall–Kier alpha value is -3.12. The van der Waals surface area contributed by atoms with Crippen molar-refractivity contribution in [2.75, 3.05) is 11.4 Å². The van der Waals surface area contributed by atoms with Gasteiger partial charge in [0.25, 0.3) is 15.9 Å². The highest BCUT2D eigenvalue weighted by Gasteiger charge is 2.24. The Labute approximate surface area is 184 Å². The number of anilines is 1. The molecule has 31 heavy (non-hydrogen) atoms. The van der Waals surface area contributed by atoms with Crippen LogP contribution in [0.5, 0.6) is 0 Å². The van der Waals surface area contributed by atoms with Gasteiger partial charge < -0.3 is 5.32 Å². The molecule has 0 saturated carbocycles. The minimum atomic E-state index is -3.74. The molecule has 162 valence electrons. The van der Waals surface area contributed by atoms with E-state index in [0.29, 0.717) is 11.3 Å². The lowest BCUT2D eigenvalue weighted by Gasteiger charge is -2.23. The molecule has 0 bridgehead atoms. The summed E-state index contributed by atoms with van der Waals surface area (Å²) >= 11 is 0. The molecule has 1 atom stereocenters. The molecule has 3 aromatic rings. The van der Waals surface area contributed by atoms with E-state index in [0.717, 1.165) is 23.1 Å². The first-order valence-electron chi connectivity index (χ1n) is 10.3. The normalized spacial score (nSPS) is 12.3. The summed E-state index contributed by atoms with van der Waals surface area (Å²) in [4.78, 5) is 13.2. The summed E-state index contributed by atoms with van der Waals surface area (Å²) in [7, 11) is -2.23. The smallest absolute Gasteiger partial charge is 0.264 e. The zero-order valence-corrected chi connectivity index (χ0v) is 19.1. The number of aryl methyl sites for hydroxylation is 2. The predicted molar refractivity (Wildman–Crippen MR) is 125 cm³/mol. The third-order valence-electron chi connectivity index (χ3n) is 5.41. The summed E-state index contributed by atoms with van der Waals surface area (Å²) in [6.45, 7) is 5.75. The average molecular weight is 437 g/mol. The molecule has 0 aromatic heterocycles. The van der Waals surface area contributed by atoms with Crippen LogP contribution < -0.4 is 9.62 Å². The van der Waals surface area contributed by atoms with Crippen molar-refractivity contribution in [1.29, 1.82) is 0 Å². The Balaban J connectivity index is 1.88. The number of rotatable bonds is 7. The number of sulfonamides is 1. The second-order valence-electron chi connectivity index (χ2n) is 7.63. The molecule has 1 unspecified atom stereocenters. The Morgan fingerprint density at radius 1 is 0.968 bits per heavy atom. The quantitative estimate of drug-likeness (QED) is 0.566. The van der Waals surface area contributed by atoms with Crippen molar-refractivity contribution in [2.45, 2.75) is 38.1 Å². The molecule has 0 heterocycles. The van der Waals surface area contributed by atoms with E-state index in [9.17, 15) is 13.2 Å². The molecule has 0 fully saturated rings. The van der Waals surface area contributed by atoms with E-state index in [1.807, 2.05) is 51.1 Å². The maximum atomic E-state index is 13.1. The van der Waals surface area contributed by atoms with Crippen molar-refractivity contribution in [3.05, 3.63) is 95.1 Å². The van der Waals surface area contributed by atoms with E-state index in [-0.39, 0.29) is 16.8 Å². The van der Waals surface area contributed by atoms with Crippen LogP contribution in [0.15, 0.2) is 77.7 Å². The minimum Gasteiger partial charge on any atom is -0.345 e. The number of carbonyl (C=O) groups is 1. The maximum absolute atomic E-state index is 13.1. The molecule has 5 nitrogen and oxygen atoms in total. The molecule has 1 amide bonds. The van der Waals surface area contributed by atoms with E-state index >= 15 is 0 Å². The lowest BCUT2D eigenvalue weighted by molar-refractivity contribution is 0.0935. The molecule has 0 radical (unpaired) electrons. The first-order chi connectivity index (χ1) is 14.7. The first-order valence-corrected chi connectivity index (χ1v) is 11.7. The molecular weight excluding hydrogens is 408 g/mol. The molecule has 0 saturated heterocycles. The summed E-state index contributed by atoms with van der Waals surface area (Å²) in [5, 5.41) is 3.05. The maximum Gasteiger partial charge on any atom is 0.264 e. The van der Waals surface area contributed by atoms with Crippen molar-refractivity contribution in [3.8, 4) is 0 Å². The fraction of sp³-hybridized carbons (Fsp3) is 0.240. The minimum absolute atomic E-state index is 0.118. The Bertz CT molecular complexity index is 1160. The highest BCUT2D eigenvalue weighted by molar-refractivity contribution is 7.92. The topological polar surface area (TPSA) is 66.5 Å². The number of carbonyl (C=O) groups excluding carboxylic acids is 1. The Kier molecular flexibility index (Phi) is 6.81. The molecule has 0 aliphatic carbocycles. The van der Waals surface area contributed by atoms with Crippen molar-refractivity contribution in [1.82, 2.24) is 5.32 Å². The molecule has 0 aliphatic rings. The van der Waals surface area contributed by atoms with Crippen LogP contribution in [0.4, 0.5) is 5.69 Å². The van der Waals surface area contributed by atoms with Gasteiger partial charge in [0.2, 0.25) is 0 Å². The molecule has 0 aliphatic heterocycles.